The molecule has 0 spiro atoms. The van der Waals surface area contributed by atoms with Gasteiger partial charge in [-0.3, -0.25) is 14.9 Å². The summed E-state index contributed by atoms with van der Waals surface area (Å²) in [5, 5.41) is 17.4. The number of benzene rings is 1. The van der Waals surface area contributed by atoms with Gasteiger partial charge >= 0.3 is 0 Å². The maximum absolute atomic E-state index is 10.5. The average Bonchev–Trinajstić information content (AvgIpc) is 2.65. The minimum atomic E-state index is -0.441. The van der Waals surface area contributed by atoms with Gasteiger partial charge in [0.25, 0.3) is 12.2 Å². The molecule has 0 bridgehead atoms. The first-order valence-electron chi connectivity index (χ1n) is 3.85. The lowest BCUT2D eigenvalue weighted by molar-refractivity contribution is -0.383. The number of non-ortho nitro benzene ring substituents is 1. The van der Waals surface area contributed by atoms with Crippen LogP contribution in [-0.4, -0.2) is 26.5 Å². The fraction of sp³-hybridized carbons (Fsp3) is 0. The molecule has 1 aromatic carbocycles. The first kappa shape index (κ1) is 10.6. The van der Waals surface area contributed by atoms with E-state index in [4.69, 9.17) is 9.90 Å². The van der Waals surface area contributed by atoms with Crippen LogP contribution in [0.3, 0.4) is 0 Å². The highest BCUT2D eigenvalue weighted by molar-refractivity contribution is 5.83. The van der Waals surface area contributed by atoms with Crippen LogP contribution in [0.4, 0.5) is 5.69 Å². The van der Waals surface area contributed by atoms with Crippen LogP contribution in [-0.2, 0) is 4.79 Å². The largest absolute Gasteiger partial charge is 0.483 e. The predicted octanol–water partition coefficient (Wildman–Crippen LogP) is 1.17. The fourth-order valence-electron chi connectivity index (χ4n) is 1.10. The number of aromatic amines is 1. The van der Waals surface area contributed by atoms with Crippen molar-refractivity contribution >= 4 is 23.2 Å². The molecule has 0 radical (unpaired) electrons. The van der Waals surface area contributed by atoms with Crippen molar-refractivity contribution in [1.82, 2.24) is 9.97 Å². The summed E-state index contributed by atoms with van der Waals surface area (Å²) in [5.41, 5.74) is 1.13. The van der Waals surface area contributed by atoms with E-state index >= 15 is 0 Å². The van der Waals surface area contributed by atoms with Gasteiger partial charge in [0.15, 0.2) is 5.52 Å². The minimum absolute atomic E-state index is 0.0359. The number of nitro groups is 1. The van der Waals surface area contributed by atoms with Gasteiger partial charge in [0.1, 0.15) is 0 Å². The fourth-order valence-corrected chi connectivity index (χ4v) is 1.10. The van der Waals surface area contributed by atoms with Gasteiger partial charge in [-0.15, -0.1) is 0 Å². The molecule has 0 aliphatic rings. The molecule has 2 aromatic rings. The van der Waals surface area contributed by atoms with E-state index in [1.54, 1.807) is 12.1 Å². The third kappa shape index (κ3) is 2.27. The Hall–Kier alpha value is -2.44. The number of para-hydroxylation sites is 1. The molecule has 1 aromatic heterocycles. The lowest BCUT2D eigenvalue weighted by Gasteiger charge is -1.90. The first-order chi connectivity index (χ1) is 7.20. The number of nitrogens with zero attached hydrogens (tertiary/aromatic N) is 2. The quantitative estimate of drug-likeness (QED) is 0.416. The predicted molar refractivity (Wildman–Crippen MR) is 51.4 cm³/mol. The highest BCUT2D eigenvalue weighted by Gasteiger charge is 2.11. The standard InChI is InChI=1S/C7H5N3O2.CH2O2/c11-10(12)6-3-1-2-5-7(6)9-4-8-5;2-1-3/h1-4H,(H,8,9);1H,(H,2,3). The number of hydrogen-bond donors (Lipinski definition) is 2. The summed E-state index contributed by atoms with van der Waals surface area (Å²) in [5.74, 6) is 0. The molecule has 15 heavy (non-hydrogen) atoms. The second-order valence-electron chi connectivity index (χ2n) is 2.44. The van der Waals surface area contributed by atoms with E-state index in [9.17, 15) is 10.1 Å². The Morgan fingerprint density at radius 3 is 2.80 bits per heavy atom. The summed E-state index contributed by atoms with van der Waals surface area (Å²) < 4.78 is 0. The van der Waals surface area contributed by atoms with Gasteiger partial charge < -0.3 is 10.1 Å². The van der Waals surface area contributed by atoms with E-state index < -0.39 is 4.92 Å². The molecule has 7 nitrogen and oxygen atoms in total. The molecule has 0 aliphatic carbocycles. The normalized spacial score (nSPS) is 9.07. The minimum Gasteiger partial charge on any atom is -0.483 e. The molecular weight excluding hydrogens is 202 g/mol. The number of aromatic nitrogens is 2. The number of fused-ring (bicyclic) bond motifs is 1. The van der Waals surface area contributed by atoms with Crippen LogP contribution in [0.1, 0.15) is 0 Å². The van der Waals surface area contributed by atoms with Crippen LogP contribution in [0.25, 0.3) is 11.0 Å². The maximum atomic E-state index is 10.5. The Kier molecular flexibility index (Phi) is 3.33. The lowest BCUT2D eigenvalue weighted by Crippen LogP contribution is -1.88. The van der Waals surface area contributed by atoms with Crippen molar-refractivity contribution in [2.24, 2.45) is 0 Å². The SMILES string of the molecule is O=CO.O=[N+]([O-])c1cccc2[nH]cnc12. The van der Waals surface area contributed by atoms with Gasteiger partial charge in [0.05, 0.1) is 16.8 Å². The summed E-state index contributed by atoms with van der Waals surface area (Å²) in [6, 6.07) is 4.80. The lowest BCUT2D eigenvalue weighted by atomic mass is 10.3. The maximum Gasteiger partial charge on any atom is 0.297 e. The topological polar surface area (TPSA) is 109 Å². The molecule has 2 rings (SSSR count). The number of carbonyl (C=O) groups is 1. The molecule has 0 amide bonds. The molecule has 0 unspecified atom stereocenters. The Balaban J connectivity index is 0.000000337. The second kappa shape index (κ2) is 4.70. The summed E-state index contributed by atoms with van der Waals surface area (Å²) in [6.07, 6.45) is 1.44. The van der Waals surface area contributed by atoms with Crippen molar-refractivity contribution in [2.45, 2.75) is 0 Å². The first-order valence-corrected chi connectivity index (χ1v) is 3.85. The zero-order valence-corrected chi connectivity index (χ0v) is 7.45. The van der Waals surface area contributed by atoms with E-state index in [2.05, 4.69) is 9.97 Å². The highest BCUT2D eigenvalue weighted by atomic mass is 16.6. The Morgan fingerprint density at radius 1 is 1.53 bits per heavy atom. The van der Waals surface area contributed by atoms with E-state index in [-0.39, 0.29) is 12.2 Å². The molecule has 1 heterocycles. The van der Waals surface area contributed by atoms with Crippen LogP contribution >= 0.6 is 0 Å². The third-order valence-electron chi connectivity index (χ3n) is 1.63. The van der Waals surface area contributed by atoms with Crippen LogP contribution in [0.5, 0.6) is 0 Å². The molecule has 7 heteroatoms. The number of imidazole rings is 1. The van der Waals surface area contributed by atoms with E-state index in [0.717, 1.165) is 0 Å². The van der Waals surface area contributed by atoms with Gasteiger partial charge in [-0.2, -0.15) is 0 Å². The van der Waals surface area contributed by atoms with Crippen molar-refractivity contribution in [1.29, 1.82) is 0 Å². The molecule has 0 atom stereocenters. The zero-order valence-electron chi connectivity index (χ0n) is 7.45. The Morgan fingerprint density at radius 2 is 2.20 bits per heavy atom. The van der Waals surface area contributed by atoms with Gasteiger partial charge in [0.2, 0.25) is 0 Å². The average molecular weight is 209 g/mol. The highest BCUT2D eigenvalue weighted by Crippen LogP contribution is 2.21. The van der Waals surface area contributed by atoms with Crippen LogP contribution in [0, 0.1) is 10.1 Å². The molecule has 0 saturated heterocycles. The Bertz CT molecular complexity index is 479. The van der Waals surface area contributed by atoms with Crippen molar-refractivity contribution in [3.05, 3.63) is 34.6 Å². The number of carboxylic acid groups (broad SMARTS) is 1. The number of nitrogens with one attached hydrogen (secondary N) is 1. The van der Waals surface area contributed by atoms with Gasteiger partial charge in [-0.05, 0) is 6.07 Å². The van der Waals surface area contributed by atoms with Gasteiger partial charge in [-0.25, -0.2) is 4.98 Å². The third-order valence-corrected chi connectivity index (χ3v) is 1.63. The molecule has 0 saturated carbocycles. The van der Waals surface area contributed by atoms with Gasteiger partial charge in [-0.1, -0.05) is 6.07 Å². The molecule has 2 N–H and O–H groups in total. The number of H-pyrrole nitrogens is 1. The Labute approximate surface area is 83.5 Å². The van der Waals surface area contributed by atoms with Crippen LogP contribution in [0.15, 0.2) is 24.5 Å². The van der Waals surface area contributed by atoms with Crippen molar-refractivity contribution in [3.63, 3.8) is 0 Å². The molecule has 78 valence electrons. The summed E-state index contributed by atoms with van der Waals surface area (Å²) in [6.45, 7) is -0.250. The molecule has 0 fully saturated rings. The summed E-state index contributed by atoms with van der Waals surface area (Å²) in [4.78, 5) is 25.0. The molecular formula is C8H7N3O4. The van der Waals surface area contributed by atoms with E-state index in [1.165, 1.54) is 12.4 Å². The van der Waals surface area contributed by atoms with E-state index in [0.29, 0.717) is 11.0 Å². The monoisotopic (exact) mass is 209 g/mol. The molecule has 0 aliphatic heterocycles. The smallest absolute Gasteiger partial charge is 0.297 e. The van der Waals surface area contributed by atoms with Crippen LogP contribution in [0.2, 0.25) is 0 Å². The number of rotatable bonds is 1. The van der Waals surface area contributed by atoms with E-state index in [1.807, 2.05) is 0 Å². The summed E-state index contributed by atoms with van der Waals surface area (Å²) in [7, 11) is 0. The van der Waals surface area contributed by atoms with Crippen LogP contribution < -0.4 is 0 Å². The zero-order chi connectivity index (χ0) is 11.3. The van der Waals surface area contributed by atoms with Crippen molar-refractivity contribution in [2.75, 3.05) is 0 Å². The second-order valence-corrected chi connectivity index (χ2v) is 2.44. The number of hydrogen-bond acceptors (Lipinski definition) is 4. The van der Waals surface area contributed by atoms with Gasteiger partial charge in [0, 0.05) is 6.07 Å². The number of nitro benzene ring substituents is 1. The van der Waals surface area contributed by atoms with Crippen molar-refractivity contribution < 1.29 is 14.8 Å². The van der Waals surface area contributed by atoms with Crippen molar-refractivity contribution in [3.8, 4) is 0 Å². The summed E-state index contributed by atoms with van der Waals surface area (Å²) >= 11 is 0.